The fourth-order valence-corrected chi connectivity index (χ4v) is 3.58. The Kier molecular flexibility index (Phi) is 4.52. The van der Waals surface area contributed by atoms with Crippen LogP contribution in [0, 0.1) is 11.3 Å². The molecule has 0 radical (unpaired) electrons. The van der Waals surface area contributed by atoms with Crippen LogP contribution < -0.4 is 0 Å². The highest BCUT2D eigenvalue weighted by Gasteiger charge is 2.30. The Morgan fingerprint density at radius 1 is 0.812 bits per heavy atom. The quantitative estimate of drug-likeness (QED) is 0.367. The van der Waals surface area contributed by atoms with E-state index >= 15 is 0 Å². The zero-order chi connectivity index (χ0) is 22.3. The second-order valence-corrected chi connectivity index (χ2v) is 7.15. The van der Waals surface area contributed by atoms with Gasteiger partial charge < -0.3 is 0 Å². The van der Waals surface area contributed by atoms with E-state index < -0.39 is 11.7 Å². The molecule has 0 saturated carbocycles. The minimum atomic E-state index is -4.39. The largest absolute Gasteiger partial charge is 0.416 e. The lowest BCUT2D eigenvalue weighted by molar-refractivity contribution is -0.137. The van der Waals surface area contributed by atoms with Gasteiger partial charge in [-0.05, 0) is 54.6 Å². The lowest BCUT2D eigenvalue weighted by Gasteiger charge is -2.11. The van der Waals surface area contributed by atoms with Gasteiger partial charge in [-0.2, -0.15) is 23.5 Å². The molecule has 0 amide bonds. The Morgan fingerprint density at radius 2 is 1.53 bits per heavy atom. The Bertz CT molecular complexity index is 1450. The molecule has 0 saturated heterocycles. The molecule has 156 valence electrons. The van der Waals surface area contributed by atoms with Crippen molar-refractivity contribution < 1.29 is 13.2 Å². The summed E-state index contributed by atoms with van der Waals surface area (Å²) < 4.78 is 42.2. The summed E-state index contributed by atoms with van der Waals surface area (Å²) in [5.74, 6) is 0. The summed E-state index contributed by atoms with van der Waals surface area (Å²) in [6.07, 6.45) is 0.882. The van der Waals surface area contributed by atoms with Crippen molar-refractivity contribution in [3.8, 4) is 34.3 Å². The molecule has 3 aromatic heterocycles. The molecule has 0 atom stereocenters. The highest BCUT2D eigenvalue weighted by Crippen LogP contribution is 2.31. The highest BCUT2D eigenvalue weighted by atomic mass is 19.4. The van der Waals surface area contributed by atoms with E-state index in [4.69, 9.17) is 5.26 Å². The van der Waals surface area contributed by atoms with Gasteiger partial charge in [-0.1, -0.05) is 12.1 Å². The summed E-state index contributed by atoms with van der Waals surface area (Å²) in [6.45, 7) is 0. The molecule has 0 bridgehead atoms. The molecule has 0 spiro atoms. The van der Waals surface area contributed by atoms with Gasteiger partial charge in [0.25, 0.3) is 0 Å². The minimum Gasteiger partial charge on any atom is -0.299 e. The van der Waals surface area contributed by atoms with Gasteiger partial charge in [0.1, 0.15) is 5.65 Å². The summed E-state index contributed by atoms with van der Waals surface area (Å²) in [4.78, 5) is 4.44. The maximum absolute atomic E-state index is 12.9. The average molecular weight is 429 g/mol. The zero-order valence-corrected chi connectivity index (χ0v) is 16.5. The summed E-state index contributed by atoms with van der Waals surface area (Å²) in [7, 11) is 0. The number of imidazole rings is 1. The predicted molar refractivity (Wildman–Crippen MR) is 113 cm³/mol. The van der Waals surface area contributed by atoms with E-state index in [0.717, 1.165) is 40.3 Å². The van der Waals surface area contributed by atoms with Crippen LogP contribution in [-0.4, -0.2) is 19.2 Å². The molecule has 32 heavy (non-hydrogen) atoms. The Morgan fingerprint density at radius 3 is 2.22 bits per heavy atom. The molecule has 3 heterocycles. The highest BCUT2D eigenvalue weighted by molar-refractivity contribution is 5.69. The van der Waals surface area contributed by atoms with E-state index in [0.29, 0.717) is 11.3 Å². The summed E-state index contributed by atoms with van der Waals surface area (Å²) in [6, 6.07) is 19.8. The normalized spacial score (nSPS) is 11.6. The van der Waals surface area contributed by atoms with Crippen molar-refractivity contribution >= 4 is 5.65 Å². The molecule has 5 nitrogen and oxygen atoms in total. The first kappa shape index (κ1) is 19.6. The van der Waals surface area contributed by atoms with Crippen LogP contribution in [-0.2, 0) is 6.18 Å². The monoisotopic (exact) mass is 429 g/mol. The number of alkyl halides is 3. The van der Waals surface area contributed by atoms with Crippen LogP contribution in [0.5, 0.6) is 0 Å². The molecule has 5 rings (SSSR count). The second kappa shape index (κ2) is 7.39. The average Bonchev–Trinajstić information content (AvgIpc) is 3.45. The number of rotatable bonds is 3. The fraction of sp³-hybridized carbons (Fsp3) is 0.0417. The second-order valence-electron chi connectivity index (χ2n) is 7.15. The number of nitriles is 1. The molecule has 0 aliphatic carbocycles. The number of hydrogen-bond donors (Lipinski definition) is 0. The van der Waals surface area contributed by atoms with Crippen LogP contribution in [0.2, 0.25) is 0 Å². The van der Waals surface area contributed by atoms with E-state index in [2.05, 4.69) is 16.2 Å². The lowest BCUT2D eigenvalue weighted by Crippen LogP contribution is -2.06. The summed E-state index contributed by atoms with van der Waals surface area (Å²) in [5.41, 5.74) is 4.45. The van der Waals surface area contributed by atoms with Crippen molar-refractivity contribution in [1.29, 1.82) is 5.26 Å². The van der Waals surface area contributed by atoms with Crippen LogP contribution in [0.15, 0.2) is 85.3 Å². The van der Waals surface area contributed by atoms with E-state index in [1.54, 1.807) is 35.3 Å². The van der Waals surface area contributed by atoms with Crippen molar-refractivity contribution in [3.05, 3.63) is 96.4 Å². The van der Waals surface area contributed by atoms with Crippen molar-refractivity contribution in [1.82, 2.24) is 19.2 Å². The van der Waals surface area contributed by atoms with Gasteiger partial charge >= 0.3 is 6.18 Å². The Balaban J connectivity index is 1.56. The number of hydrogen-bond acceptors (Lipinski definition) is 3. The predicted octanol–water partition coefficient (Wildman–Crippen LogP) is 5.74. The zero-order valence-electron chi connectivity index (χ0n) is 16.5. The number of nitrogens with zero attached hydrogens (tertiary/aromatic N) is 5. The molecule has 0 aliphatic heterocycles. The third-order valence-electron chi connectivity index (χ3n) is 5.19. The van der Waals surface area contributed by atoms with E-state index in [1.165, 1.54) is 12.1 Å². The first-order valence-corrected chi connectivity index (χ1v) is 9.64. The molecular weight excluding hydrogens is 415 g/mol. The number of aromatic nitrogens is 4. The summed E-state index contributed by atoms with van der Waals surface area (Å²) in [5, 5.41) is 13.3. The molecule has 5 aromatic rings. The summed E-state index contributed by atoms with van der Waals surface area (Å²) >= 11 is 0. The van der Waals surface area contributed by atoms with E-state index in [9.17, 15) is 13.2 Å². The Labute approximate surface area is 180 Å². The molecule has 8 heteroatoms. The smallest absolute Gasteiger partial charge is 0.299 e. The van der Waals surface area contributed by atoms with Crippen molar-refractivity contribution in [2.45, 2.75) is 6.18 Å². The number of benzene rings is 2. The van der Waals surface area contributed by atoms with Gasteiger partial charge in [-0.3, -0.25) is 4.40 Å². The van der Waals surface area contributed by atoms with Crippen LogP contribution in [0.3, 0.4) is 0 Å². The Hall–Kier alpha value is -4.38. The van der Waals surface area contributed by atoms with Crippen LogP contribution in [0.4, 0.5) is 13.2 Å². The standard InChI is InChI=1S/C24H14F3N5/c25-24(26,27)19-6-8-20(9-7-19)32-21(11-12-30-32)18-5-10-23-29-14-22(31(23)15-18)17-3-1-16(13-28)2-4-17/h1-12,14-15H. The number of pyridine rings is 1. The van der Waals surface area contributed by atoms with Gasteiger partial charge in [0.15, 0.2) is 0 Å². The van der Waals surface area contributed by atoms with Crippen molar-refractivity contribution in [3.63, 3.8) is 0 Å². The number of fused-ring (bicyclic) bond motifs is 1. The van der Waals surface area contributed by atoms with Crippen LogP contribution >= 0.6 is 0 Å². The lowest BCUT2D eigenvalue weighted by atomic mass is 10.1. The maximum atomic E-state index is 12.9. The maximum Gasteiger partial charge on any atom is 0.416 e. The number of halogens is 3. The minimum absolute atomic E-state index is 0.524. The van der Waals surface area contributed by atoms with E-state index in [-0.39, 0.29) is 0 Å². The van der Waals surface area contributed by atoms with Gasteiger partial charge in [-0.25, -0.2) is 9.67 Å². The van der Waals surface area contributed by atoms with Gasteiger partial charge in [0.2, 0.25) is 0 Å². The fourth-order valence-electron chi connectivity index (χ4n) is 3.58. The van der Waals surface area contributed by atoms with Gasteiger partial charge in [0, 0.05) is 17.3 Å². The first-order chi connectivity index (χ1) is 15.4. The molecule has 2 aromatic carbocycles. The van der Waals surface area contributed by atoms with Crippen LogP contribution in [0.25, 0.3) is 33.8 Å². The molecule has 0 aliphatic rings. The van der Waals surface area contributed by atoms with Gasteiger partial charge in [-0.15, -0.1) is 0 Å². The third-order valence-corrected chi connectivity index (χ3v) is 5.19. The van der Waals surface area contributed by atoms with Crippen molar-refractivity contribution in [2.75, 3.05) is 0 Å². The molecule has 0 unspecified atom stereocenters. The first-order valence-electron chi connectivity index (χ1n) is 9.64. The molecular formula is C24H14F3N5. The van der Waals surface area contributed by atoms with Crippen LogP contribution in [0.1, 0.15) is 11.1 Å². The van der Waals surface area contributed by atoms with E-state index in [1.807, 2.05) is 34.9 Å². The molecule has 0 N–H and O–H groups in total. The van der Waals surface area contributed by atoms with Gasteiger partial charge in [0.05, 0.1) is 46.7 Å². The topological polar surface area (TPSA) is 58.9 Å². The SMILES string of the molecule is N#Cc1ccc(-c2cnc3ccc(-c4ccnn4-c4ccc(C(F)(F)F)cc4)cn23)cc1. The molecule has 0 fully saturated rings. The third kappa shape index (κ3) is 3.40. The van der Waals surface area contributed by atoms with Crippen molar-refractivity contribution in [2.24, 2.45) is 0 Å².